The summed E-state index contributed by atoms with van der Waals surface area (Å²) in [5.41, 5.74) is 1.49. The van der Waals surface area contributed by atoms with Gasteiger partial charge in [-0.05, 0) is 18.1 Å². The molecular formula is C14H20N2O5. The molecule has 0 saturated carbocycles. The number of ether oxygens (including phenoxy) is 1. The van der Waals surface area contributed by atoms with E-state index in [0.29, 0.717) is 18.7 Å². The molecule has 0 saturated heterocycles. The molecule has 1 aromatic carbocycles. The highest BCUT2D eigenvalue weighted by molar-refractivity contribution is 5.92. The third-order valence-electron chi connectivity index (χ3n) is 2.86. The van der Waals surface area contributed by atoms with Crippen LogP contribution in [0.2, 0.25) is 0 Å². The van der Waals surface area contributed by atoms with E-state index < -0.39 is 18.0 Å². The van der Waals surface area contributed by atoms with Crippen LogP contribution in [-0.2, 0) is 16.0 Å². The van der Waals surface area contributed by atoms with Crippen molar-refractivity contribution in [2.45, 2.75) is 18.9 Å². The molecule has 21 heavy (non-hydrogen) atoms. The molecule has 1 atom stereocenters. The van der Waals surface area contributed by atoms with E-state index in [0.717, 1.165) is 5.56 Å². The molecule has 0 aromatic heterocycles. The second-order valence-corrected chi connectivity index (χ2v) is 4.40. The van der Waals surface area contributed by atoms with E-state index in [-0.39, 0.29) is 13.0 Å². The summed E-state index contributed by atoms with van der Waals surface area (Å²) in [7, 11) is 1.59. The number of nitrogens with one attached hydrogen (secondary N) is 2. The Hall–Kier alpha value is -2.12. The maximum absolute atomic E-state index is 11.8. The first-order chi connectivity index (χ1) is 10.1. The highest BCUT2D eigenvalue weighted by Crippen LogP contribution is 2.15. The average Bonchev–Trinajstić information content (AvgIpc) is 2.45. The minimum absolute atomic E-state index is 0.0475. The van der Waals surface area contributed by atoms with Crippen molar-refractivity contribution >= 4 is 17.7 Å². The molecule has 0 fully saturated rings. The number of aliphatic hydroxyl groups is 1. The lowest BCUT2D eigenvalue weighted by molar-refractivity contribution is -0.139. The number of anilines is 1. The number of rotatable bonds is 8. The second-order valence-electron chi connectivity index (χ2n) is 4.40. The Morgan fingerprint density at radius 1 is 1.33 bits per heavy atom. The van der Waals surface area contributed by atoms with Crippen LogP contribution in [0.4, 0.5) is 10.5 Å². The summed E-state index contributed by atoms with van der Waals surface area (Å²) in [4.78, 5) is 22.7. The van der Waals surface area contributed by atoms with Crippen LogP contribution in [0.5, 0.6) is 0 Å². The number of hydrogen-bond acceptors (Lipinski definition) is 4. The van der Waals surface area contributed by atoms with Gasteiger partial charge in [-0.15, -0.1) is 0 Å². The molecule has 0 heterocycles. The predicted molar refractivity (Wildman–Crippen MR) is 77.3 cm³/mol. The average molecular weight is 296 g/mol. The molecule has 0 aliphatic heterocycles. The van der Waals surface area contributed by atoms with E-state index in [2.05, 4.69) is 10.6 Å². The van der Waals surface area contributed by atoms with E-state index in [1.165, 1.54) is 0 Å². The molecule has 7 nitrogen and oxygen atoms in total. The van der Waals surface area contributed by atoms with Crippen molar-refractivity contribution in [1.29, 1.82) is 0 Å². The quantitative estimate of drug-likeness (QED) is 0.568. The number of carboxylic acids is 1. The van der Waals surface area contributed by atoms with E-state index in [4.69, 9.17) is 14.9 Å². The molecule has 0 radical (unpaired) electrons. The van der Waals surface area contributed by atoms with Crippen LogP contribution in [0.25, 0.3) is 0 Å². The first-order valence-electron chi connectivity index (χ1n) is 6.56. The molecule has 0 unspecified atom stereocenters. The standard InChI is InChI=1S/C14H20N2O5/c1-21-9-7-10-4-2-3-5-11(10)15-14(20)16-12(6-8-17)13(18)19/h2-5,12,17H,6-9H2,1H3,(H,18,19)(H2,15,16,20)/t12-/m0/s1. The van der Waals surface area contributed by atoms with Crippen molar-refractivity contribution in [2.24, 2.45) is 0 Å². The van der Waals surface area contributed by atoms with Crippen LogP contribution >= 0.6 is 0 Å². The number of hydrogen-bond donors (Lipinski definition) is 4. The maximum atomic E-state index is 11.8. The number of amides is 2. The summed E-state index contributed by atoms with van der Waals surface area (Å²) in [5, 5.41) is 22.6. The number of carboxylic acid groups (broad SMARTS) is 1. The van der Waals surface area contributed by atoms with Crippen LogP contribution in [-0.4, -0.2) is 48.6 Å². The number of carbonyl (C=O) groups is 2. The van der Waals surface area contributed by atoms with Gasteiger partial charge in [0.05, 0.1) is 6.61 Å². The fourth-order valence-electron chi connectivity index (χ4n) is 1.78. The van der Waals surface area contributed by atoms with Gasteiger partial charge in [0.15, 0.2) is 0 Å². The van der Waals surface area contributed by atoms with Gasteiger partial charge in [-0.25, -0.2) is 9.59 Å². The third kappa shape index (κ3) is 5.80. The zero-order valence-corrected chi connectivity index (χ0v) is 11.8. The molecule has 0 aliphatic rings. The summed E-state index contributed by atoms with van der Waals surface area (Å²) < 4.78 is 5.00. The SMILES string of the molecule is COCCc1ccccc1NC(=O)N[C@@H](CCO)C(=O)O. The van der Waals surface area contributed by atoms with Gasteiger partial charge in [-0.3, -0.25) is 0 Å². The lowest BCUT2D eigenvalue weighted by Crippen LogP contribution is -2.43. The maximum Gasteiger partial charge on any atom is 0.326 e. The summed E-state index contributed by atoms with van der Waals surface area (Å²) in [6.07, 6.45) is 0.583. The third-order valence-corrected chi connectivity index (χ3v) is 2.86. The van der Waals surface area contributed by atoms with Gasteiger partial charge < -0.3 is 25.6 Å². The summed E-state index contributed by atoms with van der Waals surface area (Å²) >= 11 is 0. The minimum Gasteiger partial charge on any atom is -0.480 e. The van der Waals surface area contributed by atoms with Gasteiger partial charge in [0.1, 0.15) is 6.04 Å². The molecule has 0 spiro atoms. The molecule has 2 amide bonds. The molecule has 7 heteroatoms. The van der Waals surface area contributed by atoms with Gasteiger partial charge in [0.25, 0.3) is 0 Å². The predicted octanol–water partition coefficient (Wildman–Crippen LogP) is 0.833. The Morgan fingerprint density at radius 2 is 2.05 bits per heavy atom. The van der Waals surface area contributed by atoms with Gasteiger partial charge >= 0.3 is 12.0 Å². The summed E-state index contributed by atoms with van der Waals surface area (Å²) in [6, 6.07) is 5.46. The Labute approximate surface area is 122 Å². The Balaban J connectivity index is 2.67. The van der Waals surface area contributed by atoms with E-state index >= 15 is 0 Å². The van der Waals surface area contributed by atoms with E-state index in [1.807, 2.05) is 12.1 Å². The smallest absolute Gasteiger partial charge is 0.326 e. The number of urea groups is 1. The van der Waals surface area contributed by atoms with E-state index in [9.17, 15) is 9.59 Å². The number of aliphatic carboxylic acids is 1. The van der Waals surface area contributed by atoms with Crippen molar-refractivity contribution in [3.8, 4) is 0 Å². The fourth-order valence-corrected chi connectivity index (χ4v) is 1.78. The molecule has 0 bridgehead atoms. The van der Waals surface area contributed by atoms with Gasteiger partial charge in [0.2, 0.25) is 0 Å². The lowest BCUT2D eigenvalue weighted by Gasteiger charge is -2.15. The largest absolute Gasteiger partial charge is 0.480 e. The Bertz CT molecular complexity index is 478. The highest BCUT2D eigenvalue weighted by Gasteiger charge is 2.19. The highest BCUT2D eigenvalue weighted by atomic mass is 16.5. The van der Waals surface area contributed by atoms with Crippen LogP contribution in [0, 0.1) is 0 Å². The molecular weight excluding hydrogens is 276 g/mol. The zero-order valence-electron chi connectivity index (χ0n) is 11.8. The lowest BCUT2D eigenvalue weighted by atomic mass is 10.1. The number of aliphatic hydroxyl groups excluding tert-OH is 1. The zero-order chi connectivity index (χ0) is 15.7. The van der Waals surface area contributed by atoms with Crippen molar-refractivity contribution in [3.63, 3.8) is 0 Å². The normalized spacial score (nSPS) is 11.7. The first kappa shape index (κ1) is 16.9. The van der Waals surface area contributed by atoms with Crippen LogP contribution in [0.1, 0.15) is 12.0 Å². The molecule has 1 aromatic rings. The summed E-state index contributed by atoms with van der Waals surface area (Å²) in [5.74, 6) is -1.19. The van der Waals surface area contributed by atoms with Crippen LogP contribution in [0.3, 0.4) is 0 Å². The Morgan fingerprint density at radius 3 is 2.67 bits per heavy atom. The molecule has 116 valence electrons. The topological polar surface area (TPSA) is 108 Å². The van der Waals surface area contributed by atoms with Crippen molar-refractivity contribution in [1.82, 2.24) is 5.32 Å². The molecule has 4 N–H and O–H groups in total. The first-order valence-corrected chi connectivity index (χ1v) is 6.56. The van der Waals surface area contributed by atoms with Crippen LogP contribution < -0.4 is 10.6 Å². The number of benzene rings is 1. The summed E-state index contributed by atoms with van der Waals surface area (Å²) in [6.45, 7) is 0.199. The Kier molecular flexibility index (Phi) is 7.20. The number of para-hydroxylation sites is 1. The van der Waals surface area contributed by atoms with Gasteiger partial charge in [-0.2, -0.15) is 0 Å². The fraction of sp³-hybridized carbons (Fsp3) is 0.429. The molecule has 0 aliphatic carbocycles. The van der Waals surface area contributed by atoms with Crippen LogP contribution in [0.15, 0.2) is 24.3 Å². The molecule has 1 rings (SSSR count). The number of carbonyl (C=O) groups excluding carboxylic acids is 1. The van der Waals surface area contributed by atoms with Crippen molar-refractivity contribution in [3.05, 3.63) is 29.8 Å². The van der Waals surface area contributed by atoms with Gasteiger partial charge in [0, 0.05) is 25.8 Å². The van der Waals surface area contributed by atoms with E-state index in [1.54, 1.807) is 19.2 Å². The monoisotopic (exact) mass is 296 g/mol. The number of methoxy groups -OCH3 is 1. The van der Waals surface area contributed by atoms with Gasteiger partial charge in [-0.1, -0.05) is 18.2 Å². The second kappa shape index (κ2) is 8.93. The minimum atomic E-state index is -1.19. The van der Waals surface area contributed by atoms with Crippen molar-refractivity contribution < 1.29 is 24.5 Å². The van der Waals surface area contributed by atoms with Crippen molar-refractivity contribution in [2.75, 3.05) is 25.6 Å².